The Kier molecular flexibility index (Phi) is 3.23. The van der Waals surface area contributed by atoms with Gasteiger partial charge in [-0.2, -0.15) is 0 Å². The molecular formula is C4H13NO2Si. The van der Waals surface area contributed by atoms with Gasteiger partial charge in [-0.15, -0.1) is 0 Å². The molecule has 0 bridgehead atoms. The zero-order chi connectivity index (χ0) is 6.73. The fourth-order valence-corrected chi connectivity index (χ4v) is 0.815. The van der Waals surface area contributed by atoms with Gasteiger partial charge in [-0.1, -0.05) is 6.92 Å². The van der Waals surface area contributed by atoms with Crippen LogP contribution in [0.15, 0.2) is 0 Å². The lowest BCUT2D eigenvalue weighted by molar-refractivity contribution is 0.378. The Balaban J connectivity index is 3.46. The van der Waals surface area contributed by atoms with Crippen molar-refractivity contribution in [3.8, 4) is 0 Å². The molecular weight excluding hydrogens is 122 g/mol. The largest absolute Gasteiger partial charge is 0.413 e. The van der Waals surface area contributed by atoms with E-state index in [-0.39, 0.29) is 11.6 Å². The Hall–Kier alpha value is 0.0969. The van der Waals surface area contributed by atoms with Gasteiger partial charge in [0.25, 0.3) is 0 Å². The molecule has 4 N–H and O–H groups in total. The summed E-state index contributed by atoms with van der Waals surface area (Å²) in [6, 6.07) is -0.0957. The molecule has 0 fully saturated rings. The summed E-state index contributed by atoms with van der Waals surface area (Å²) in [7, 11) is -2.45. The number of hydrogen-bond acceptors (Lipinski definition) is 3. The fourth-order valence-electron chi connectivity index (χ4n) is 0.272. The second-order valence-corrected chi connectivity index (χ2v) is 4.01. The average Bonchev–Trinajstić information content (AvgIpc) is 1.64. The molecule has 0 radical (unpaired) electrons. The van der Waals surface area contributed by atoms with Crippen LogP contribution in [0.1, 0.15) is 13.8 Å². The molecule has 0 aromatic carbocycles. The van der Waals surface area contributed by atoms with Crippen LogP contribution in [-0.2, 0) is 0 Å². The first-order valence-electron chi connectivity index (χ1n) is 2.67. The molecule has 3 nitrogen and oxygen atoms in total. The summed E-state index contributed by atoms with van der Waals surface area (Å²) in [5, 5.41) is 0. The molecule has 0 amide bonds. The normalized spacial score (nSPS) is 18.8. The van der Waals surface area contributed by atoms with Crippen LogP contribution in [-0.4, -0.2) is 24.9 Å². The van der Waals surface area contributed by atoms with Crippen LogP contribution >= 0.6 is 0 Å². The first kappa shape index (κ1) is 8.10. The molecule has 2 unspecified atom stereocenters. The van der Waals surface area contributed by atoms with Gasteiger partial charge in [0.2, 0.25) is 0 Å². The van der Waals surface area contributed by atoms with Crippen molar-refractivity contribution < 1.29 is 9.59 Å². The number of rotatable bonds is 2. The molecule has 0 saturated heterocycles. The summed E-state index contributed by atoms with van der Waals surface area (Å²) >= 11 is 0. The van der Waals surface area contributed by atoms with Crippen molar-refractivity contribution in [2.24, 2.45) is 5.73 Å². The third-order valence-corrected chi connectivity index (χ3v) is 2.85. The van der Waals surface area contributed by atoms with E-state index in [1.807, 2.05) is 0 Å². The van der Waals surface area contributed by atoms with Gasteiger partial charge in [-0.25, -0.2) is 0 Å². The van der Waals surface area contributed by atoms with Crippen LogP contribution in [0.5, 0.6) is 0 Å². The van der Waals surface area contributed by atoms with Gasteiger partial charge < -0.3 is 15.3 Å². The zero-order valence-corrected chi connectivity index (χ0v) is 6.36. The third-order valence-electron chi connectivity index (χ3n) is 1.30. The monoisotopic (exact) mass is 135 g/mol. The minimum absolute atomic E-state index is 0.0957. The van der Waals surface area contributed by atoms with Crippen LogP contribution < -0.4 is 5.73 Å². The topological polar surface area (TPSA) is 66.5 Å². The van der Waals surface area contributed by atoms with Crippen molar-refractivity contribution in [3.05, 3.63) is 0 Å². The molecule has 2 atom stereocenters. The van der Waals surface area contributed by atoms with E-state index in [2.05, 4.69) is 0 Å². The van der Waals surface area contributed by atoms with Crippen molar-refractivity contribution >= 4 is 9.28 Å². The molecule has 0 aliphatic rings. The molecule has 0 aliphatic carbocycles. The SMILES string of the molecule is CC(N)C(C)[SiH](O)O. The summed E-state index contributed by atoms with van der Waals surface area (Å²) in [6.45, 7) is 3.53. The standard InChI is InChI=1S/C4H13NO2Si/c1-3(5)4(2)8(6)7/h3-4,6-8H,5H2,1-2H3. The van der Waals surface area contributed by atoms with Gasteiger partial charge in [0.05, 0.1) is 0 Å². The van der Waals surface area contributed by atoms with Crippen LogP contribution in [0.25, 0.3) is 0 Å². The second-order valence-electron chi connectivity index (χ2n) is 2.13. The highest BCUT2D eigenvalue weighted by molar-refractivity contribution is 6.43. The lowest BCUT2D eigenvalue weighted by Gasteiger charge is -2.14. The van der Waals surface area contributed by atoms with Crippen molar-refractivity contribution in [3.63, 3.8) is 0 Å². The highest BCUT2D eigenvalue weighted by Crippen LogP contribution is 2.07. The van der Waals surface area contributed by atoms with E-state index in [4.69, 9.17) is 15.3 Å². The summed E-state index contributed by atoms with van der Waals surface area (Å²) < 4.78 is 0. The van der Waals surface area contributed by atoms with Crippen molar-refractivity contribution in [2.75, 3.05) is 0 Å². The molecule has 4 heteroatoms. The maximum Gasteiger partial charge on any atom is 0.320 e. The average molecular weight is 135 g/mol. The van der Waals surface area contributed by atoms with E-state index in [0.717, 1.165) is 0 Å². The van der Waals surface area contributed by atoms with Crippen LogP contribution in [0.4, 0.5) is 0 Å². The molecule has 0 spiro atoms. The molecule has 8 heavy (non-hydrogen) atoms. The molecule has 50 valence electrons. The number of hydrogen-bond donors (Lipinski definition) is 3. The minimum atomic E-state index is -2.45. The highest BCUT2D eigenvalue weighted by atomic mass is 28.3. The van der Waals surface area contributed by atoms with E-state index in [1.54, 1.807) is 13.8 Å². The van der Waals surface area contributed by atoms with Crippen LogP contribution in [0, 0.1) is 0 Å². The molecule has 0 aromatic heterocycles. The maximum atomic E-state index is 8.61. The van der Waals surface area contributed by atoms with Gasteiger partial charge in [0.1, 0.15) is 0 Å². The van der Waals surface area contributed by atoms with Crippen molar-refractivity contribution in [2.45, 2.75) is 25.4 Å². The maximum absolute atomic E-state index is 8.61. The first-order valence-corrected chi connectivity index (χ1v) is 4.37. The van der Waals surface area contributed by atoms with Crippen molar-refractivity contribution in [1.29, 1.82) is 0 Å². The molecule has 0 heterocycles. The Labute approximate surface area is 51.0 Å². The van der Waals surface area contributed by atoms with Gasteiger partial charge in [0, 0.05) is 11.6 Å². The Morgan fingerprint density at radius 3 is 1.75 bits per heavy atom. The molecule has 0 aliphatic heterocycles. The van der Waals surface area contributed by atoms with Gasteiger partial charge in [-0.3, -0.25) is 0 Å². The fraction of sp³-hybridized carbons (Fsp3) is 1.00. The predicted octanol–water partition coefficient (Wildman–Crippen LogP) is -1.07. The second kappa shape index (κ2) is 3.19. The summed E-state index contributed by atoms with van der Waals surface area (Å²) in [5.74, 6) is 0. The van der Waals surface area contributed by atoms with Crippen LogP contribution in [0.2, 0.25) is 5.54 Å². The van der Waals surface area contributed by atoms with E-state index in [0.29, 0.717) is 0 Å². The Morgan fingerprint density at radius 2 is 1.75 bits per heavy atom. The van der Waals surface area contributed by atoms with Crippen LogP contribution in [0.3, 0.4) is 0 Å². The van der Waals surface area contributed by atoms with E-state index in [9.17, 15) is 0 Å². The summed E-state index contributed by atoms with van der Waals surface area (Å²) in [5.41, 5.74) is 5.25. The Morgan fingerprint density at radius 1 is 1.38 bits per heavy atom. The lowest BCUT2D eigenvalue weighted by atomic mass is 10.3. The minimum Gasteiger partial charge on any atom is -0.413 e. The van der Waals surface area contributed by atoms with E-state index in [1.165, 1.54) is 0 Å². The third kappa shape index (κ3) is 2.42. The van der Waals surface area contributed by atoms with E-state index >= 15 is 0 Å². The lowest BCUT2D eigenvalue weighted by Crippen LogP contribution is -2.32. The quantitative estimate of drug-likeness (QED) is 0.422. The Bertz CT molecular complexity index is 59.1. The smallest absolute Gasteiger partial charge is 0.320 e. The van der Waals surface area contributed by atoms with Gasteiger partial charge in [-0.05, 0) is 6.92 Å². The predicted molar refractivity (Wildman–Crippen MR) is 34.7 cm³/mol. The summed E-state index contributed by atoms with van der Waals surface area (Å²) in [6.07, 6.45) is 0. The first-order chi connectivity index (χ1) is 3.55. The molecule has 0 saturated carbocycles. The zero-order valence-electron chi connectivity index (χ0n) is 5.20. The highest BCUT2D eigenvalue weighted by Gasteiger charge is 2.17. The van der Waals surface area contributed by atoms with Crippen molar-refractivity contribution in [1.82, 2.24) is 0 Å². The summed E-state index contributed by atoms with van der Waals surface area (Å²) in [4.78, 5) is 17.2. The van der Waals surface area contributed by atoms with Gasteiger partial charge >= 0.3 is 9.28 Å². The molecule has 0 aromatic rings. The van der Waals surface area contributed by atoms with E-state index < -0.39 is 9.28 Å². The van der Waals surface area contributed by atoms with Gasteiger partial charge in [0.15, 0.2) is 0 Å². The molecule has 0 rings (SSSR count). The number of nitrogens with two attached hydrogens (primary N) is 1.